The molecule has 3 aromatic heterocycles. The number of fused-ring (bicyclic) bond motifs is 2. The van der Waals surface area contributed by atoms with E-state index in [2.05, 4.69) is 15.3 Å². The Labute approximate surface area is 241 Å². The van der Waals surface area contributed by atoms with Crippen molar-refractivity contribution in [2.45, 2.75) is 13.1 Å². The number of hydrogen-bond acceptors (Lipinski definition) is 9. The van der Waals surface area contributed by atoms with Crippen LogP contribution in [0, 0.1) is 5.82 Å². The zero-order chi connectivity index (χ0) is 29.1. The Morgan fingerprint density at radius 3 is 2.74 bits per heavy atom. The third-order valence-electron chi connectivity index (χ3n) is 6.96. The molecule has 1 amide bonds. The summed E-state index contributed by atoms with van der Waals surface area (Å²) in [6, 6.07) is 15.7. The van der Waals surface area contributed by atoms with Gasteiger partial charge in [0.1, 0.15) is 5.82 Å². The second-order valence-corrected chi connectivity index (χ2v) is 9.98. The number of pyridine rings is 1. The first-order valence-electron chi connectivity index (χ1n) is 13.4. The van der Waals surface area contributed by atoms with Crippen molar-refractivity contribution in [2.75, 3.05) is 44.2 Å². The lowest BCUT2D eigenvalue weighted by Gasteiger charge is -2.23. The number of nitrogens with one attached hydrogen (secondary N) is 1. The minimum Gasteiger partial charge on any atom is -0.454 e. The molecule has 0 saturated heterocycles. The van der Waals surface area contributed by atoms with Crippen LogP contribution in [0.1, 0.15) is 21.5 Å². The Balaban J connectivity index is 1.26. The molecule has 0 bridgehead atoms. The van der Waals surface area contributed by atoms with Gasteiger partial charge in [0.25, 0.3) is 5.91 Å². The molecule has 1 N–H and O–H groups in total. The van der Waals surface area contributed by atoms with E-state index in [1.54, 1.807) is 48.9 Å². The molecule has 1 aliphatic rings. The molecule has 0 fully saturated rings. The van der Waals surface area contributed by atoms with Gasteiger partial charge < -0.3 is 29.2 Å². The van der Waals surface area contributed by atoms with Gasteiger partial charge in [-0.15, -0.1) is 0 Å². The van der Waals surface area contributed by atoms with Crippen LogP contribution in [0.25, 0.3) is 11.2 Å². The first-order chi connectivity index (χ1) is 20.4. The fourth-order valence-corrected chi connectivity index (χ4v) is 4.62. The van der Waals surface area contributed by atoms with Crippen LogP contribution in [-0.2, 0) is 13.1 Å². The third-order valence-corrected chi connectivity index (χ3v) is 6.96. The van der Waals surface area contributed by atoms with Crippen molar-refractivity contribution < 1.29 is 18.7 Å². The number of benzene rings is 2. The van der Waals surface area contributed by atoms with E-state index in [1.165, 1.54) is 12.1 Å². The molecule has 42 heavy (non-hydrogen) atoms. The monoisotopic (exact) mass is 568 g/mol. The second kappa shape index (κ2) is 11.7. The quantitative estimate of drug-likeness (QED) is 0.268. The summed E-state index contributed by atoms with van der Waals surface area (Å²) in [5.74, 6) is 2.01. The Hall–Kier alpha value is -5.26. The standard InChI is InChI=1S/C30H29FN8O3/c1-37(29(40)22-6-4-10-32-16-22)11-12-38(2)30-35-27(33-15-20-8-9-24-25(14-20)42-19-41-24)26-28(36-30)39(18-34-26)17-21-5-3-7-23(31)13-21/h3-10,13-14,16,18H,11-12,15,17,19H2,1-2H3,(H,33,35,36). The average Bonchev–Trinajstić information content (AvgIpc) is 3.65. The number of ether oxygens (including phenoxy) is 2. The van der Waals surface area contributed by atoms with Crippen molar-refractivity contribution in [3.63, 3.8) is 0 Å². The molecule has 4 heterocycles. The Morgan fingerprint density at radius 1 is 1.02 bits per heavy atom. The molecule has 0 saturated carbocycles. The highest BCUT2D eigenvalue weighted by atomic mass is 19.1. The van der Waals surface area contributed by atoms with Gasteiger partial charge in [-0.3, -0.25) is 9.78 Å². The van der Waals surface area contributed by atoms with E-state index in [0.29, 0.717) is 60.4 Å². The lowest BCUT2D eigenvalue weighted by atomic mass is 10.2. The predicted octanol–water partition coefficient (Wildman–Crippen LogP) is 3.96. The Bertz CT molecular complexity index is 1730. The maximum atomic E-state index is 13.9. The highest BCUT2D eigenvalue weighted by Crippen LogP contribution is 2.33. The number of imidazole rings is 1. The number of carbonyl (C=O) groups is 1. The van der Waals surface area contributed by atoms with E-state index in [0.717, 1.165) is 16.9 Å². The summed E-state index contributed by atoms with van der Waals surface area (Å²) in [7, 11) is 3.62. The number of hydrogen-bond donors (Lipinski definition) is 1. The van der Waals surface area contributed by atoms with E-state index in [-0.39, 0.29) is 18.5 Å². The van der Waals surface area contributed by atoms with Crippen molar-refractivity contribution in [2.24, 2.45) is 0 Å². The van der Waals surface area contributed by atoms with Crippen molar-refractivity contribution in [1.82, 2.24) is 29.4 Å². The van der Waals surface area contributed by atoms with Crippen molar-refractivity contribution in [1.29, 1.82) is 0 Å². The lowest BCUT2D eigenvalue weighted by Crippen LogP contribution is -2.35. The molecule has 12 heteroatoms. The highest BCUT2D eigenvalue weighted by Gasteiger charge is 2.19. The molecule has 1 aliphatic heterocycles. The normalized spacial score (nSPS) is 12.0. The largest absolute Gasteiger partial charge is 0.454 e. The van der Waals surface area contributed by atoms with Crippen LogP contribution in [-0.4, -0.2) is 69.3 Å². The van der Waals surface area contributed by atoms with E-state index in [1.807, 2.05) is 40.8 Å². The van der Waals surface area contributed by atoms with E-state index >= 15 is 0 Å². The molecule has 2 aromatic carbocycles. The second-order valence-electron chi connectivity index (χ2n) is 9.98. The molecule has 5 aromatic rings. The molecule has 214 valence electrons. The molecular formula is C30H29FN8O3. The summed E-state index contributed by atoms with van der Waals surface area (Å²) in [4.78, 5) is 34.6. The number of likely N-dealkylation sites (N-methyl/N-ethyl adjacent to an activating group) is 2. The van der Waals surface area contributed by atoms with Gasteiger partial charge in [-0.25, -0.2) is 9.37 Å². The summed E-state index contributed by atoms with van der Waals surface area (Å²) >= 11 is 0. The average molecular weight is 569 g/mol. The van der Waals surface area contributed by atoms with Crippen LogP contribution in [0.2, 0.25) is 0 Å². The van der Waals surface area contributed by atoms with Gasteiger partial charge in [-0.1, -0.05) is 18.2 Å². The first kappa shape index (κ1) is 26.9. The lowest BCUT2D eigenvalue weighted by molar-refractivity contribution is 0.0798. The molecule has 6 rings (SSSR count). The summed E-state index contributed by atoms with van der Waals surface area (Å²) in [5.41, 5.74) is 3.48. The van der Waals surface area contributed by atoms with Crippen LogP contribution in [0.3, 0.4) is 0 Å². The molecule has 0 atom stereocenters. The van der Waals surface area contributed by atoms with Gasteiger partial charge in [-0.2, -0.15) is 9.97 Å². The van der Waals surface area contributed by atoms with Gasteiger partial charge >= 0.3 is 0 Å². The Morgan fingerprint density at radius 2 is 1.90 bits per heavy atom. The van der Waals surface area contributed by atoms with Crippen LogP contribution >= 0.6 is 0 Å². The zero-order valence-electron chi connectivity index (χ0n) is 23.2. The van der Waals surface area contributed by atoms with Crippen molar-refractivity contribution in [3.8, 4) is 11.5 Å². The molecule has 0 spiro atoms. The van der Waals surface area contributed by atoms with Crippen molar-refractivity contribution >= 4 is 28.8 Å². The smallest absolute Gasteiger partial charge is 0.255 e. The third kappa shape index (κ3) is 5.78. The maximum absolute atomic E-state index is 13.9. The zero-order valence-corrected chi connectivity index (χ0v) is 23.2. The minimum absolute atomic E-state index is 0.118. The van der Waals surface area contributed by atoms with Crippen LogP contribution in [0.5, 0.6) is 11.5 Å². The number of nitrogens with zero attached hydrogens (tertiary/aromatic N) is 7. The number of rotatable bonds is 10. The van der Waals surface area contributed by atoms with E-state index in [9.17, 15) is 9.18 Å². The van der Waals surface area contributed by atoms with Gasteiger partial charge in [0.2, 0.25) is 12.7 Å². The predicted molar refractivity (Wildman–Crippen MR) is 155 cm³/mol. The van der Waals surface area contributed by atoms with Gasteiger partial charge in [0.05, 0.1) is 18.4 Å². The number of aromatic nitrogens is 5. The van der Waals surface area contributed by atoms with Crippen LogP contribution in [0.4, 0.5) is 16.2 Å². The maximum Gasteiger partial charge on any atom is 0.255 e. The van der Waals surface area contributed by atoms with E-state index in [4.69, 9.17) is 19.4 Å². The van der Waals surface area contributed by atoms with Crippen LogP contribution < -0.4 is 19.7 Å². The molecule has 0 aliphatic carbocycles. The topological polar surface area (TPSA) is 111 Å². The van der Waals surface area contributed by atoms with Gasteiger partial charge in [-0.05, 0) is 47.5 Å². The summed E-state index contributed by atoms with van der Waals surface area (Å²) in [5, 5.41) is 3.40. The van der Waals surface area contributed by atoms with Gasteiger partial charge in [0.15, 0.2) is 28.5 Å². The summed E-state index contributed by atoms with van der Waals surface area (Å²) in [6.45, 7) is 1.98. The number of anilines is 2. The van der Waals surface area contributed by atoms with Crippen LogP contribution in [0.15, 0.2) is 73.3 Å². The minimum atomic E-state index is -0.303. The number of carbonyl (C=O) groups excluding carboxylic acids is 1. The summed E-state index contributed by atoms with van der Waals surface area (Å²) in [6.07, 6.45) is 4.87. The van der Waals surface area contributed by atoms with E-state index < -0.39 is 0 Å². The number of amides is 1. The highest BCUT2D eigenvalue weighted by molar-refractivity contribution is 5.93. The summed E-state index contributed by atoms with van der Waals surface area (Å²) < 4.78 is 26.7. The first-order valence-corrected chi connectivity index (χ1v) is 13.4. The SMILES string of the molecule is CN(CCN(C)c1nc(NCc2ccc3c(c2)OCO3)c2ncn(Cc3cccc(F)c3)c2n1)C(=O)c1cccnc1. The molecule has 11 nitrogen and oxygen atoms in total. The van der Waals surface area contributed by atoms with Crippen molar-refractivity contribution in [3.05, 3.63) is 95.8 Å². The van der Waals surface area contributed by atoms with Gasteiger partial charge in [0, 0.05) is 46.1 Å². The molecule has 0 radical (unpaired) electrons. The fraction of sp³-hybridized carbons (Fsp3) is 0.233. The fourth-order valence-electron chi connectivity index (χ4n) is 4.62. The molecular weight excluding hydrogens is 539 g/mol. The Kier molecular flexibility index (Phi) is 7.50. The molecule has 0 unspecified atom stereocenters. The number of halogens is 1.